The predicted molar refractivity (Wildman–Crippen MR) is 107 cm³/mol. The van der Waals surface area contributed by atoms with Gasteiger partial charge >= 0.3 is 6.09 Å². The van der Waals surface area contributed by atoms with Crippen molar-refractivity contribution in [1.29, 1.82) is 0 Å². The highest BCUT2D eigenvalue weighted by atomic mass is 16.6. The average molecular weight is 376 g/mol. The fourth-order valence-electron chi connectivity index (χ4n) is 4.17. The highest BCUT2D eigenvalue weighted by molar-refractivity contribution is 5.93. The first-order valence-corrected chi connectivity index (χ1v) is 9.72. The van der Waals surface area contributed by atoms with Gasteiger partial charge in [0, 0.05) is 11.6 Å². The molecule has 2 N–H and O–H groups in total. The van der Waals surface area contributed by atoms with Crippen LogP contribution in [0.1, 0.15) is 47.2 Å². The zero-order valence-electron chi connectivity index (χ0n) is 15.7. The molecule has 0 aliphatic carbocycles. The van der Waals surface area contributed by atoms with E-state index in [0.29, 0.717) is 12.2 Å². The van der Waals surface area contributed by atoms with Gasteiger partial charge in [0.1, 0.15) is 6.61 Å². The predicted octanol–water partition coefficient (Wildman–Crippen LogP) is 4.13. The monoisotopic (exact) mass is 376 g/mol. The summed E-state index contributed by atoms with van der Waals surface area (Å²) in [7, 11) is 0. The van der Waals surface area contributed by atoms with Crippen molar-refractivity contribution in [2.45, 2.75) is 44.4 Å². The number of hydrogen-bond donors (Lipinski definition) is 1. The number of nitrogens with zero attached hydrogens (tertiary/aromatic N) is 1. The van der Waals surface area contributed by atoms with E-state index in [9.17, 15) is 9.59 Å². The van der Waals surface area contributed by atoms with Crippen molar-refractivity contribution in [3.05, 3.63) is 77.4 Å². The minimum Gasteiger partial charge on any atom is -0.445 e. The molecular weight excluding hydrogens is 352 g/mol. The Balaban J connectivity index is 1.49. The summed E-state index contributed by atoms with van der Waals surface area (Å²) in [6.07, 6.45) is 5.78. The molecule has 1 saturated heterocycles. The number of carbonyl (C=O) groups excluding carboxylic acids is 2. The Bertz CT molecular complexity index is 890. The topological polar surface area (TPSA) is 72.6 Å². The van der Waals surface area contributed by atoms with Crippen LogP contribution in [0, 0.1) is 0 Å². The number of piperidine rings is 1. The molecule has 2 aromatic rings. The Morgan fingerprint density at radius 2 is 1.79 bits per heavy atom. The number of primary amides is 1. The molecule has 28 heavy (non-hydrogen) atoms. The second-order valence-corrected chi connectivity index (χ2v) is 7.44. The average Bonchev–Trinajstić information content (AvgIpc) is 2.72. The van der Waals surface area contributed by atoms with Gasteiger partial charge in [-0.15, -0.1) is 0 Å². The molecule has 2 aliphatic heterocycles. The maximum atomic E-state index is 12.8. The van der Waals surface area contributed by atoms with Crippen molar-refractivity contribution >= 4 is 17.6 Å². The van der Waals surface area contributed by atoms with Crippen molar-refractivity contribution in [2.24, 2.45) is 5.73 Å². The standard InChI is InChI=1S/C23H24N2O3/c24-22(26)18-11-9-17(10-12-18)19-13-20-7-4-8-21(14-19)25(20)23(27)28-15-16-5-2-1-3-6-16/h1-3,5-6,9-13,20-21H,4,7-8,14-15H2,(H2,24,26). The molecule has 1 fully saturated rings. The lowest BCUT2D eigenvalue weighted by Gasteiger charge is -2.44. The van der Waals surface area contributed by atoms with Gasteiger partial charge in [-0.1, -0.05) is 48.5 Å². The summed E-state index contributed by atoms with van der Waals surface area (Å²) >= 11 is 0. The Kier molecular flexibility index (Phi) is 5.15. The molecule has 2 bridgehead atoms. The smallest absolute Gasteiger partial charge is 0.410 e. The van der Waals surface area contributed by atoms with Gasteiger partial charge in [-0.2, -0.15) is 0 Å². The number of amides is 2. The highest BCUT2D eigenvalue weighted by Gasteiger charge is 2.38. The summed E-state index contributed by atoms with van der Waals surface area (Å²) in [5.74, 6) is -0.423. The first kappa shape index (κ1) is 18.3. The molecule has 2 aliphatic rings. The quantitative estimate of drug-likeness (QED) is 0.872. The molecule has 0 radical (unpaired) electrons. The summed E-state index contributed by atoms with van der Waals surface area (Å²) in [5, 5.41) is 0. The SMILES string of the molecule is NC(=O)c1ccc(C2=CC3CCCC(C2)N3C(=O)OCc2ccccc2)cc1. The van der Waals surface area contributed by atoms with E-state index in [2.05, 4.69) is 6.08 Å². The van der Waals surface area contributed by atoms with Crippen molar-refractivity contribution in [1.82, 2.24) is 4.90 Å². The second kappa shape index (κ2) is 7.89. The first-order valence-electron chi connectivity index (χ1n) is 9.72. The molecule has 5 heteroatoms. The molecule has 0 spiro atoms. The lowest BCUT2D eigenvalue weighted by Crippen LogP contribution is -2.51. The van der Waals surface area contributed by atoms with Crippen LogP contribution in [0.2, 0.25) is 0 Å². The van der Waals surface area contributed by atoms with E-state index >= 15 is 0 Å². The van der Waals surface area contributed by atoms with Crippen molar-refractivity contribution < 1.29 is 14.3 Å². The van der Waals surface area contributed by atoms with E-state index in [1.165, 1.54) is 5.57 Å². The molecule has 0 saturated carbocycles. The molecule has 2 aromatic carbocycles. The van der Waals surface area contributed by atoms with E-state index < -0.39 is 5.91 Å². The van der Waals surface area contributed by atoms with Gasteiger partial charge in [0.15, 0.2) is 0 Å². The summed E-state index contributed by atoms with van der Waals surface area (Å²) in [5.41, 5.74) is 9.13. The maximum absolute atomic E-state index is 12.8. The zero-order valence-corrected chi connectivity index (χ0v) is 15.7. The third-order valence-electron chi connectivity index (χ3n) is 5.59. The van der Waals surface area contributed by atoms with Gasteiger partial charge in [-0.25, -0.2) is 4.79 Å². The van der Waals surface area contributed by atoms with Crippen molar-refractivity contribution in [3.63, 3.8) is 0 Å². The third-order valence-corrected chi connectivity index (χ3v) is 5.59. The molecule has 2 heterocycles. The zero-order chi connectivity index (χ0) is 19.5. The maximum Gasteiger partial charge on any atom is 0.410 e. The minimum absolute atomic E-state index is 0.0570. The van der Waals surface area contributed by atoms with Crippen LogP contribution in [0.4, 0.5) is 4.79 Å². The van der Waals surface area contributed by atoms with E-state index in [-0.39, 0.29) is 18.2 Å². The van der Waals surface area contributed by atoms with Crippen LogP contribution in [-0.2, 0) is 11.3 Å². The Morgan fingerprint density at radius 1 is 1.04 bits per heavy atom. The van der Waals surface area contributed by atoms with E-state index in [4.69, 9.17) is 10.5 Å². The van der Waals surface area contributed by atoms with Crippen LogP contribution in [0.25, 0.3) is 5.57 Å². The number of benzene rings is 2. The molecule has 2 amide bonds. The largest absolute Gasteiger partial charge is 0.445 e. The van der Waals surface area contributed by atoms with Crippen LogP contribution in [-0.4, -0.2) is 29.0 Å². The number of nitrogens with two attached hydrogens (primary N) is 1. The molecule has 0 aromatic heterocycles. The summed E-state index contributed by atoms with van der Waals surface area (Å²) < 4.78 is 5.59. The van der Waals surface area contributed by atoms with E-state index in [1.807, 2.05) is 47.4 Å². The number of fused-ring (bicyclic) bond motifs is 2. The van der Waals surface area contributed by atoms with Crippen LogP contribution in [0.5, 0.6) is 0 Å². The fourth-order valence-corrected chi connectivity index (χ4v) is 4.17. The first-order chi connectivity index (χ1) is 13.6. The Labute approximate surface area is 164 Å². The van der Waals surface area contributed by atoms with E-state index in [1.54, 1.807) is 12.1 Å². The Hall–Kier alpha value is -3.08. The van der Waals surface area contributed by atoms with Crippen LogP contribution in [0.3, 0.4) is 0 Å². The van der Waals surface area contributed by atoms with Gasteiger partial charge in [0.2, 0.25) is 5.91 Å². The lowest BCUT2D eigenvalue weighted by molar-refractivity contribution is 0.0510. The van der Waals surface area contributed by atoms with Crippen molar-refractivity contribution in [2.75, 3.05) is 0 Å². The van der Waals surface area contributed by atoms with Gasteiger partial charge in [-0.05, 0) is 54.5 Å². The van der Waals surface area contributed by atoms with Crippen LogP contribution >= 0.6 is 0 Å². The van der Waals surface area contributed by atoms with Crippen molar-refractivity contribution in [3.8, 4) is 0 Å². The van der Waals surface area contributed by atoms with Gasteiger partial charge < -0.3 is 10.5 Å². The summed E-state index contributed by atoms with van der Waals surface area (Å²) in [6, 6.07) is 17.3. The molecule has 4 rings (SSSR count). The Morgan fingerprint density at radius 3 is 2.46 bits per heavy atom. The van der Waals surface area contributed by atoms with Crippen LogP contribution in [0.15, 0.2) is 60.7 Å². The molecular formula is C23H24N2O3. The normalized spacial score (nSPS) is 21.0. The van der Waals surface area contributed by atoms with E-state index in [0.717, 1.165) is 36.8 Å². The molecule has 5 nitrogen and oxygen atoms in total. The third kappa shape index (κ3) is 3.79. The van der Waals surface area contributed by atoms with Gasteiger partial charge in [0.05, 0.1) is 6.04 Å². The highest BCUT2D eigenvalue weighted by Crippen LogP contribution is 2.37. The lowest BCUT2D eigenvalue weighted by atomic mass is 9.83. The number of hydrogen-bond acceptors (Lipinski definition) is 3. The number of rotatable bonds is 4. The number of ether oxygens (including phenoxy) is 1. The second-order valence-electron chi connectivity index (χ2n) is 7.44. The summed E-state index contributed by atoms with van der Waals surface area (Å²) in [4.78, 5) is 26.0. The van der Waals surface area contributed by atoms with Gasteiger partial charge in [0.25, 0.3) is 0 Å². The minimum atomic E-state index is -0.423. The van der Waals surface area contributed by atoms with Gasteiger partial charge in [-0.3, -0.25) is 9.69 Å². The fraction of sp³-hybridized carbons (Fsp3) is 0.304. The molecule has 2 unspecified atom stereocenters. The molecule has 144 valence electrons. The van der Waals surface area contributed by atoms with Crippen LogP contribution < -0.4 is 5.73 Å². The molecule has 2 atom stereocenters. The number of carbonyl (C=O) groups is 2. The summed E-state index contributed by atoms with van der Waals surface area (Å²) in [6.45, 7) is 0.292.